The van der Waals surface area contributed by atoms with Gasteiger partial charge in [0.15, 0.2) is 0 Å². The fourth-order valence-electron chi connectivity index (χ4n) is 4.12. The first-order chi connectivity index (χ1) is 13.9. The van der Waals surface area contributed by atoms with Gasteiger partial charge in [0.05, 0.1) is 11.4 Å². The Bertz CT molecular complexity index is 1170. The topological polar surface area (TPSA) is 37.6 Å². The number of rotatable bonds is 3. The molecule has 0 fully saturated rings. The first-order valence-electron chi connectivity index (χ1n) is 9.89. The molecule has 4 rings (SSSR count). The predicted octanol–water partition coefficient (Wildman–Crippen LogP) is 7.81. The van der Waals surface area contributed by atoms with Crippen LogP contribution in [0, 0.1) is 34.6 Å². The number of aromatic nitrogens is 1. The summed E-state index contributed by atoms with van der Waals surface area (Å²) in [6.07, 6.45) is 0. The number of benzene rings is 1. The van der Waals surface area contributed by atoms with E-state index in [2.05, 4.69) is 66.3 Å². The van der Waals surface area contributed by atoms with E-state index in [1.807, 2.05) is 44.2 Å². The van der Waals surface area contributed by atoms with Crippen LogP contribution < -0.4 is 0 Å². The lowest BCUT2D eigenvalue weighted by Gasteiger charge is -2.08. The maximum absolute atomic E-state index is 4.66. The van der Waals surface area contributed by atoms with E-state index in [0.717, 1.165) is 28.3 Å². The molecule has 0 radical (unpaired) electrons. The Balaban J connectivity index is 1.99. The Labute approximate surface area is 172 Å². The Kier molecular flexibility index (Phi) is 4.98. The molecule has 2 aliphatic carbocycles. The Morgan fingerprint density at radius 1 is 0.655 bits per heavy atom. The highest BCUT2D eigenvalue weighted by Gasteiger charge is 2.21. The zero-order valence-corrected chi connectivity index (χ0v) is 17.6. The molecule has 3 nitrogen and oxygen atoms in total. The second kappa shape index (κ2) is 7.59. The smallest absolute Gasteiger partial charge is 0.0944 e. The van der Waals surface area contributed by atoms with E-state index in [0.29, 0.717) is 0 Å². The second-order valence-corrected chi connectivity index (χ2v) is 7.77. The number of hydrogen-bond acceptors (Lipinski definition) is 3. The van der Waals surface area contributed by atoms with E-state index in [1.54, 1.807) is 0 Å². The monoisotopic (exact) mass is 379 g/mol. The van der Waals surface area contributed by atoms with Gasteiger partial charge < -0.3 is 0 Å². The summed E-state index contributed by atoms with van der Waals surface area (Å²) in [5.74, 6) is 0. The van der Waals surface area contributed by atoms with E-state index in [1.165, 1.54) is 33.4 Å². The molecule has 0 N–H and O–H groups in total. The molecule has 0 unspecified atom stereocenters. The van der Waals surface area contributed by atoms with Crippen LogP contribution in [0.15, 0.2) is 70.9 Å². The fourth-order valence-corrected chi connectivity index (χ4v) is 4.12. The van der Waals surface area contributed by atoms with Crippen LogP contribution in [0.1, 0.15) is 28.1 Å². The van der Waals surface area contributed by atoms with Gasteiger partial charge in [0.25, 0.3) is 0 Å². The van der Waals surface area contributed by atoms with Crippen molar-refractivity contribution in [3.8, 4) is 22.3 Å². The van der Waals surface area contributed by atoms with E-state index in [9.17, 15) is 0 Å². The van der Waals surface area contributed by atoms with E-state index < -0.39 is 0 Å². The lowest BCUT2D eigenvalue weighted by molar-refractivity contribution is 1.12. The maximum Gasteiger partial charge on any atom is 0.0944 e. The SMILES string of the molecule is Cc1cc(C)c2c(N=Nc3ccccc3)cc(-c3cc(C)nc(C)c3)c-2c(C)c1. The quantitative estimate of drug-likeness (QED) is 0.334. The first kappa shape index (κ1) is 19.0. The van der Waals surface area contributed by atoms with Crippen LogP contribution in [-0.4, -0.2) is 4.98 Å². The summed E-state index contributed by atoms with van der Waals surface area (Å²) in [6, 6.07) is 20.8. The van der Waals surface area contributed by atoms with Crippen molar-refractivity contribution in [2.45, 2.75) is 34.6 Å². The molecule has 0 amide bonds. The molecule has 0 saturated carbocycles. The molecule has 1 aromatic carbocycles. The van der Waals surface area contributed by atoms with Crippen LogP contribution in [0.3, 0.4) is 0 Å². The van der Waals surface area contributed by atoms with Crippen LogP contribution in [0.25, 0.3) is 22.3 Å². The lowest BCUT2D eigenvalue weighted by atomic mass is 9.97. The van der Waals surface area contributed by atoms with Gasteiger partial charge in [-0.15, -0.1) is 5.11 Å². The fraction of sp³-hybridized carbons (Fsp3) is 0.192. The number of nitrogens with zero attached hydrogens (tertiary/aromatic N) is 3. The number of aryl methyl sites for hydroxylation is 5. The molecular weight excluding hydrogens is 354 g/mol. The van der Waals surface area contributed by atoms with Crippen molar-refractivity contribution in [1.29, 1.82) is 0 Å². The van der Waals surface area contributed by atoms with Gasteiger partial charge in [-0.3, -0.25) is 4.98 Å². The van der Waals surface area contributed by atoms with Crippen LogP contribution in [0.2, 0.25) is 0 Å². The molecule has 0 spiro atoms. The van der Waals surface area contributed by atoms with Gasteiger partial charge in [-0.2, -0.15) is 5.11 Å². The average molecular weight is 380 g/mol. The summed E-state index contributed by atoms with van der Waals surface area (Å²) in [5, 5.41) is 9.16. The molecule has 1 aromatic heterocycles. The normalized spacial score (nSPS) is 11.5. The van der Waals surface area contributed by atoms with Crippen molar-refractivity contribution >= 4 is 11.4 Å². The molecule has 2 aliphatic rings. The maximum atomic E-state index is 4.66. The van der Waals surface area contributed by atoms with Crippen LogP contribution in [0.5, 0.6) is 0 Å². The van der Waals surface area contributed by atoms with Crippen LogP contribution in [0.4, 0.5) is 11.4 Å². The number of hydrogen-bond donors (Lipinski definition) is 0. The zero-order valence-electron chi connectivity index (χ0n) is 17.6. The highest BCUT2D eigenvalue weighted by atomic mass is 15.1. The van der Waals surface area contributed by atoms with Gasteiger partial charge >= 0.3 is 0 Å². The molecule has 29 heavy (non-hydrogen) atoms. The van der Waals surface area contributed by atoms with Gasteiger partial charge in [0, 0.05) is 17.0 Å². The van der Waals surface area contributed by atoms with Gasteiger partial charge in [0.1, 0.15) is 0 Å². The second-order valence-electron chi connectivity index (χ2n) is 7.77. The summed E-state index contributed by atoms with van der Waals surface area (Å²) in [5.41, 5.74) is 12.3. The van der Waals surface area contributed by atoms with Crippen molar-refractivity contribution in [2.24, 2.45) is 10.2 Å². The highest BCUT2D eigenvalue weighted by molar-refractivity contribution is 5.97. The summed E-state index contributed by atoms with van der Waals surface area (Å²) in [7, 11) is 0. The van der Waals surface area contributed by atoms with Crippen molar-refractivity contribution in [2.75, 3.05) is 0 Å². The summed E-state index contributed by atoms with van der Waals surface area (Å²) in [6.45, 7) is 10.6. The molecule has 3 heteroatoms. The van der Waals surface area contributed by atoms with Gasteiger partial charge in [-0.05, 0) is 92.8 Å². The zero-order chi connectivity index (χ0) is 20.5. The van der Waals surface area contributed by atoms with E-state index in [-0.39, 0.29) is 0 Å². The molecule has 0 atom stereocenters. The van der Waals surface area contributed by atoms with Crippen molar-refractivity contribution in [3.63, 3.8) is 0 Å². The predicted molar refractivity (Wildman–Crippen MR) is 121 cm³/mol. The van der Waals surface area contributed by atoms with Gasteiger partial charge in [-0.1, -0.05) is 35.9 Å². The number of pyridine rings is 1. The third-order valence-electron chi connectivity index (χ3n) is 5.16. The molecule has 0 aliphatic heterocycles. The standard InChI is InChI=1S/C26H25N3/c1-16-11-17(2)25-23(21-13-19(4)27-20(5)14-21)15-24(26(25)18(3)12-16)29-28-22-9-7-6-8-10-22/h6-15H,1-5H3. The minimum atomic E-state index is 0.852. The van der Waals surface area contributed by atoms with Gasteiger partial charge in [-0.25, -0.2) is 0 Å². The Hall–Kier alpha value is -3.33. The third kappa shape index (κ3) is 3.81. The van der Waals surface area contributed by atoms with Crippen LogP contribution >= 0.6 is 0 Å². The molecule has 0 saturated heterocycles. The lowest BCUT2D eigenvalue weighted by Crippen LogP contribution is -1.89. The number of azo groups is 1. The Morgan fingerprint density at radius 2 is 1.28 bits per heavy atom. The van der Waals surface area contributed by atoms with Crippen molar-refractivity contribution in [1.82, 2.24) is 4.98 Å². The molecule has 1 heterocycles. The van der Waals surface area contributed by atoms with Crippen LogP contribution in [-0.2, 0) is 0 Å². The largest absolute Gasteiger partial charge is 0.258 e. The van der Waals surface area contributed by atoms with E-state index in [4.69, 9.17) is 0 Å². The summed E-state index contributed by atoms with van der Waals surface area (Å²) >= 11 is 0. The first-order valence-corrected chi connectivity index (χ1v) is 9.89. The van der Waals surface area contributed by atoms with Crippen molar-refractivity contribution < 1.29 is 0 Å². The minimum Gasteiger partial charge on any atom is -0.258 e. The Morgan fingerprint density at radius 3 is 1.93 bits per heavy atom. The molecular formula is C26H25N3. The van der Waals surface area contributed by atoms with Gasteiger partial charge in [0.2, 0.25) is 0 Å². The average Bonchev–Trinajstić information content (AvgIpc) is 3.01. The van der Waals surface area contributed by atoms with E-state index >= 15 is 0 Å². The number of fused-ring (bicyclic) bond motifs is 1. The van der Waals surface area contributed by atoms with Crippen molar-refractivity contribution in [3.05, 3.63) is 88.7 Å². The molecule has 144 valence electrons. The summed E-state index contributed by atoms with van der Waals surface area (Å²) < 4.78 is 0. The highest BCUT2D eigenvalue weighted by Crippen LogP contribution is 2.47. The molecule has 0 bridgehead atoms. The molecule has 2 aromatic rings. The summed E-state index contributed by atoms with van der Waals surface area (Å²) in [4.78, 5) is 4.55. The minimum absolute atomic E-state index is 0.852. The third-order valence-corrected chi connectivity index (χ3v) is 5.16.